The van der Waals surface area contributed by atoms with Crippen molar-refractivity contribution in [2.45, 2.75) is 70.5 Å². The standard InChI is InChI=1S/C26H37N2O8P/c1-5-19(6-2)16-33-25(31)18(3)28-37(32,36-20-12-8-7-9-13-20)34-17-26(4)24(30)22(29)23(35-26)21-14-10-11-15-27-21/h7-15,18-19,22-24,29-30H,5-6,16-17H2,1-4H3,(H,28,32)/t18-,22-,23-,24-,26+,37-/m0/s1. The van der Waals surface area contributed by atoms with Crippen LogP contribution in [0.25, 0.3) is 0 Å². The van der Waals surface area contributed by atoms with Crippen LogP contribution in [-0.2, 0) is 23.4 Å². The summed E-state index contributed by atoms with van der Waals surface area (Å²) in [5, 5.41) is 24.0. The fraction of sp³-hybridized carbons (Fsp3) is 0.538. The Morgan fingerprint density at radius 3 is 2.46 bits per heavy atom. The molecule has 0 bridgehead atoms. The van der Waals surface area contributed by atoms with Crippen LogP contribution in [0.2, 0.25) is 0 Å². The number of aliphatic hydroxyl groups is 2. The van der Waals surface area contributed by atoms with Gasteiger partial charge >= 0.3 is 13.7 Å². The van der Waals surface area contributed by atoms with Crippen molar-refractivity contribution < 1.29 is 38.1 Å². The predicted molar refractivity (Wildman–Crippen MR) is 137 cm³/mol. The summed E-state index contributed by atoms with van der Waals surface area (Å²) in [5.41, 5.74) is -1.01. The number of nitrogens with one attached hydrogen (secondary N) is 1. The van der Waals surface area contributed by atoms with Crippen molar-refractivity contribution in [3.63, 3.8) is 0 Å². The molecule has 0 spiro atoms. The van der Waals surface area contributed by atoms with E-state index in [1.54, 1.807) is 54.7 Å². The number of nitrogens with zero attached hydrogens (tertiary/aromatic N) is 1. The predicted octanol–water partition coefficient (Wildman–Crippen LogP) is 3.79. The molecule has 10 nitrogen and oxygen atoms in total. The first kappa shape index (κ1) is 29.2. The molecule has 0 radical (unpaired) electrons. The van der Waals surface area contributed by atoms with Crippen molar-refractivity contribution in [2.75, 3.05) is 13.2 Å². The number of benzene rings is 1. The first-order chi connectivity index (χ1) is 17.6. The summed E-state index contributed by atoms with van der Waals surface area (Å²) in [5.74, 6) is -0.110. The van der Waals surface area contributed by atoms with Crippen molar-refractivity contribution in [3.8, 4) is 5.75 Å². The van der Waals surface area contributed by atoms with Crippen molar-refractivity contribution in [1.29, 1.82) is 0 Å². The Hall–Kier alpha value is -2.33. The minimum absolute atomic E-state index is 0.235. The number of hydrogen-bond acceptors (Lipinski definition) is 9. The van der Waals surface area contributed by atoms with Gasteiger partial charge in [-0.25, -0.2) is 4.57 Å². The zero-order valence-corrected chi connectivity index (χ0v) is 22.5. The molecule has 2 heterocycles. The monoisotopic (exact) mass is 536 g/mol. The van der Waals surface area contributed by atoms with Gasteiger partial charge in [0.15, 0.2) is 0 Å². The van der Waals surface area contributed by atoms with E-state index in [1.807, 2.05) is 13.8 Å². The molecule has 1 fully saturated rings. The maximum absolute atomic E-state index is 13.8. The van der Waals surface area contributed by atoms with Crippen molar-refractivity contribution in [3.05, 3.63) is 60.4 Å². The minimum Gasteiger partial charge on any atom is -0.464 e. The molecule has 3 rings (SSSR count). The van der Waals surface area contributed by atoms with Gasteiger partial charge in [-0.2, -0.15) is 5.09 Å². The number of para-hydroxylation sites is 1. The lowest BCUT2D eigenvalue weighted by Crippen LogP contribution is -2.45. The van der Waals surface area contributed by atoms with E-state index in [0.717, 1.165) is 12.8 Å². The summed E-state index contributed by atoms with van der Waals surface area (Å²) in [4.78, 5) is 16.8. The van der Waals surface area contributed by atoms with Gasteiger partial charge < -0.3 is 24.2 Å². The highest BCUT2D eigenvalue weighted by Crippen LogP contribution is 2.48. The second kappa shape index (κ2) is 13.0. The van der Waals surface area contributed by atoms with Crippen molar-refractivity contribution in [2.24, 2.45) is 5.92 Å². The van der Waals surface area contributed by atoms with E-state index in [-0.39, 0.29) is 18.3 Å². The van der Waals surface area contributed by atoms with E-state index < -0.39 is 50.3 Å². The van der Waals surface area contributed by atoms with Gasteiger partial charge in [-0.3, -0.25) is 14.3 Å². The first-order valence-electron chi connectivity index (χ1n) is 12.5. The van der Waals surface area contributed by atoms with Gasteiger partial charge in [-0.15, -0.1) is 0 Å². The molecular weight excluding hydrogens is 499 g/mol. The van der Waals surface area contributed by atoms with Crippen LogP contribution in [0.4, 0.5) is 0 Å². The number of ether oxygens (including phenoxy) is 2. The second-order valence-electron chi connectivity index (χ2n) is 9.38. The average molecular weight is 537 g/mol. The molecule has 1 aliphatic rings. The number of hydrogen-bond donors (Lipinski definition) is 3. The molecule has 0 unspecified atom stereocenters. The summed E-state index contributed by atoms with van der Waals surface area (Å²) in [6.45, 7) is 6.92. The Labute approximate surface area is 217 Å². The molecule has 204 valence electrons. The quantitative estimate of drug-likeness (QED) is 0.256. The van der Waals surface area contributed by atoms with Crippen LogP contribution in [0.5, 0.6) is 5.75 Å². The van der Waals surface area contributed by atoms with E-state index in [2.05, 4.69) is 10.1 Å². The summed E-state index contributed by atoms with van der Waals surface area (Å²) < 4.78 is 36.6. The molecule has 6 atom stereocenters. The van der Waals surface area contributed by atoms with Crippen molar-refractivity contribution in [1.82, 2.24) is 10.1 Å². The molecule has 37 heavy (non-hydrogen) atoms. The normalized spacial score (nSPS) is 26.0. The molecule has 11 heteroatoms. The highest BCUT2D eigenvalue weighted by Gasteiger charge is 2.53. The average Bonchev–Trinajstić information content (AvgIpc) is 3.13. The van der Waals surface area contributed by atoms with Crippen LogP contribution < -0.4 is 9.61 Å². The maximum Gasteiger partial charge on any atom is 0.459 e. The van der Waals surface area contributed by atoms with E-state index in [9.17, 15) is 19.6 Å². The Morgan fingerprint density at radius 1 is 1.16 bits per heavy atom. The third-order valence-electron chi connectivity index (χ3n) is 6.45. The number of carbonyl (C=O) groups excluding carboxylic acids is 1. The number of rotatable bonds is 13. The van der Waals surface area contributed by atoms with Gasteiger partial charge in [-0.05, 0) is 44.0 Å². The van der Waals surface area contributed by atoms with E-state index >= 15 is 0 Å². The molecule has 1 saturated heterocycles. The van der Waals surface area contributed by atoms with Crippen LogP contribution in [0.1, 0.15) is 52.3 Å². The zero-order chi connectivity index (χ0) is 27.1. The molecule has 1 aliphatic heterocycles. The highest BCUT2D eigenvalue weighted by atomic mass is 31.2. The molecule has 0 aliphatic carbocycles. The SMILES string of the molecule is CCC(CC)COC(=O)[C@H](C)N[P@](=O)(OC[C@@]1(C)O[C@@H](c2ccccn2)[C@H](O)[C@@H]1O)Oc1ccccc1. The summed E-state index contributed by atoms with van der Waals surface area (Å²) >= 11 is 0. The smallest absolute Gasteiger partial charge is 0.459 e. The Bertz CT molecular complexity index is 1040. The summed E-state index contributed by atoms with van der Waals surface area (Å²) in [6.07, 6.45) is -0.268. The minimum atomic E-state index is -4.18. The Kier molecular flexibility index (Phi) is 10.2. The molecule has 2 aromatic rings. The lowest BCUT2D eigenvalue weighted by molar-refractivity contribution is -0.146. The van der Waals surface area contributed by atoms with Gasteiger partial charge in [0.1, 0.15) is 35.7 Å². The maximum atomic E-state index is 13.8. The van der Waals surface area contributed by atoms with Crippen LogP contribution in [0.15, 0.2) is 54.7 Å². The molecule has 0 saturated carbocycles. The molecule has 1 aromatic carbocycles. The Morgan fingerprint density at radius 2 is 1.84 bits per heavy atom. The number of esters is 1. The number of pyridine rings is 1. The van der Waals surface area contributed by atoms with Gasteiger partial charge in [-0.1, -0.05) is 51.0 Å². The summed E-state index contributed by atoms with van der Waals surface area (Å²) in [7, 11) is -4.18. The summed E-state index contributed by atoms with van der Waals surface area (Å²) in [6, 6.07) is 12.5. The number of aliphatic hydroxyl groups excluding tert-OH is 2. The van der Waals surface area contributed by atoms with E-state index in [0.29, 0.717) is 5.69 Å². The topological polar surface area (TPSA) is 136 Å². The molecule has 1 aromatic heterocycles. The van der Waals surface area contributed by atoms with Crippen LogP contribution in [0, 0.1) is 5.92 Å². The van der Waals surface area contributed by atoms with Crippen LogP contribution in [0.3, 0.4) is 0 Å². The third kappa shape index (κ3) is 7.60. The van der Waals surface area contributed by atoms with E-state index in [4.69, 9.17) is 18.5 Å². The van der Waals surface area contributed by atoms with Crippen LogP contribution in [-0.4, -0.2) is 58.2 Å². The number of carbonyl (C=O) groups is 1. The fourth-order valence-corrected chi connectivity index (χ4v) is 5.50. The highest BCUT2D eigenvalue weighted by molar-refractivity contribution is 7.52. The van der Waals surface area contributed by atoms with Crippen molar-refractivity contribution >= 4 is 13.7 Å². The van der Waals surface area contributed by atoms with Gasteiger partial charge in [0, 0.05) is 6.20 Å². The zero-order valence-electron chi connectivity index (χ0n) is 21.6. The van der Waals surface area contributed by atoms with Gasteiger partial charge in [0.25, 0.3) is 0 Å². The molecule has 0 amide bonds. The van der Waals surface area contributed by atoms with E-state index in [1.165, 1.54) is 13.8 Å². The second-order valence-corrected chi connectivity index (χ2v) is 11.1. The Balaban J connectivity index is 1.73. The molecular formula is C26H37N2O8P. The van der Waals surface area contributed by atoms with Gasteiger partial charge in [0.05, 0.1) is 18.9 Å². The first-order valence-corrected chi connectivity index (χ1v) is 14.0. The van der Waals surface area contributed by atoms with Gasteiger partial charge in [0.2, 0.25) is 0 Å². The third-order valence-corrected chi connectivity index (χ3v) is 8.07. The van der Waals surface area contributed by atoms with Crippen LogP contribution >= 0.6 is 7.75 Å². The fourth-order valence-electron chi connectivity index (χ4n) is 3.92. The number of aromatic nitrogens is 1. The lowest BCUT2D eigenvalue weighted by Gasteiger charge is -2.30. The molecule has 3 N–H and O–H groups in total. The lowest BCUT2D eigenvalue weighted by atomic mass is 9.97. The largest absolute Gasteiger partial charge is 0.464 e.